The number of rotatable bonds is 8. The van der Waals surface area contributed by atoms with Crippen LogP contribution in [0.4, 0.5) is 17.6 Å². The van der Waals surface area contributed by atoms with Gasteiger partial charge in [-0.2, -0.15) is 18.4 Å². The second kappa shape index (κ2) is 10.7. The van der Waals surface area contributed by atoms with E-state index in [1.54, 1.807) is 6.92 Å². The average Bonchev–Trinajstić information content (AvgIpc) is 2.82. The number of Topliss-reactive ketones (excluding diaryl/α,β-unsaturated/α-hetero) is 1. The summed E-state index contributed by atoms with van der Waals surface area (Å²) in [7, 11) is 0. The molecule has 0 fully saturated rings. The van der Waals surface area contributed by atoms with Crippen LogP contribution in [0.25, 0.3) is 0 Å². The van der Waals surface area contributed by atoms with Crippen molar-refractivity contribution in [2.24, 2.45) is 0 Å². The number of ketones is 1. The van der Waals surface area contributed by atoms with Crippen molar-refractivity contribution in [1.29, 1.82) is 5.26 Å². The zero-order valence-electron chi connectivity index (χ0n) is 18.9. The van der Waals surface area contributed by atoms with Gasteiger partial charge in [0, 0.05) is 16.2 Å². The van der Waals surface area contributed by atoms with Gasteiger partial charge in [-0.05, 0) is 61.4 Å². The van der Waals surface area contributed by atoms with Crippen LogP contribution in [0.3, 0.4) is 0 Å². The molecular formula is C25H18Cl2F4N2O3. The number of ether oxygens (including phenoxy) is 2. The van der Waals surface area contributed by atoms with Crippen molar-refractivity contribution in [2.75, 3.05) is 0 Å². The summed E-state index contributed by atoms with van der Waals surface area (Å²) in [5.41, 5.74) is -2.35. The highest BCUT2D eigenvalue weighted by Crippen LogP contribution is 2.35. The fourth-order valence-corrected chi connectivity index (χ4v) is 3.73. The Balaban J connectivity index is 1.78. The lowest BCUT2D eigenvalue weighted by molar-refractivity contribution is -0.138. The molecule has 2 unspecified atom stereocenters. The fraction of sp³-hybridized carbons (Fsp3) is 0.240. The predicted molar refractivity (Wildman–Crippen MR) is 125 cm³/mol. The zero-order valence-corrected chi connectivity index (χ0v) is 20.4. The van der Waals surface area contributed by atoms with Gasteiger partial charge in [0.2, 0.25) is 0 Å². The Labute approximate surface area is 214 Å². The van der Waals surface area contributed by atoms with Crippen molar-refractivity contribution in [2.45, 2.75) is 38.0 Å². The van der Waals surface area contributed by atoms with Crippen LogP contribution in [0.15, 0.2) is 54.7 Å². The first-order valence-electron chi connectivity index (χ1n) is 10.5. The van der Waals surface area contributed by atoms with Crippen molar-refractivity contribution >= 4 is 29.0 Å². The number of hydrogen-bond donors (Lipinski definition) is 0. The maximum absolute atomic E-state index is 14.0. The minimum Gasteiger partial charge on any atom is -0.480 e. The Morgan fingerprint density at radius 3 is 2.28 bits per heavy atom. The third kappa shape index (κ3) is 6.07. The number of alkyl halides is 3. The van der Waals surface area contributed by atoms with Gasteiger partial charge in [0.25, 0.3) is 5.88 Å². The molecule has 1 heterocycles. The van der Waals surface area contributed by atoms with Crippen molar-refractivity contribution < 1.29 is 31.8 Å². The van der Waals surface area contributed by atoms with Crippen LogP contribution in [0.2, 0.25) is 10.0 Å². The third-order valence-electron chi connectivity index (χ3n) is 5.38. The van der Waals surface area contributed by atoms with Gasteiger partial charge in [0.05, 0.1) is 11.6 Å². The molecule has 0 amide bonds. The van der Waals surface area contributed by atoms with Crippen LogP contribution in [-0.4, -0.2) is 16.4 Å². The molecular weight excluding hydrogens is 523 g/mol. The largest absolute Gasteiger partial charge is 0.480 e. The molecule has 2 atom stereocenters. The molecule has 3 aromatic rings. The Kier molecular flexibility index (Phi) is 8.12. The van der Waals surface area contributed by atoms with E-state index in [1.807, 2.05) is 6.07 Å². The Morgan fingerprint density at radius 2 is 1.75 bits per heavy atom. The maximum atomic E-state index is 14.0. The topological polar surface area (TPSA) is 72.2 Å². The summed E-state index contributed by atoms with van der Waals surface area (Å²) >= 11 is 12.1. The van der Waals surface area contributed by atoms with Crippen molar-refractivity contribution in [1.82, 2.24) is 4.98 Å². The molecule has 0 aliphatic carbocycles. The Hall–Kier alpha value is -3.35. The molecule has 0 N–H and O–H groups in total. The lowest BCUT2D eigenvalue weighted by Gasteiger charge is -2.30. The molecule has 1 aromatic heterocycles. The average molecular weight is 541 g/mol. The van der Waals surface area contributed by atoms with Crippen LogP contribution in [-0.2, 0) is 11.0 Å². The van der Waals surface area contributed by atoms with Gasteiger partial charge in [0.15, 0.2) is 17.2 Å². The summed E-state index contributed by atoms with van der Waals surface area (Å²) in [5.74, 6) is -3.34. The standard InChI is InChI=1S/C25H18Cl2F4N2O3/c1-3-24(2,22(34)19(12-32)18-9-4-15(26)11-20(18)27)36-17-7-5-16(6-8-17)35-23-21(28)10-14(13-33-23)25(29,30)31/h4-11,13,19H,3H2,1-2H3. The summed E-state index contributed by atoms with van der Waals surface area (Å²) in [5, 5.41) is 10.2. The molecule has 0 spiro atoms. The highest BCUT2D eigenvalue weighted by atomic mass is 35.5. The monoisotopic (exact) mass is 540 g/mol. The second-order valence-corrected chi connectivity index (χ2v) is 8.70. The molecule has 0 aliphatic heterocycles. The lowest BCUT2D eigenvalue weighted by atomic mass is 9.84. The molecule has 188 valence electrons. The molecule has 0 radical (unpaired) electrons. The summed E-state index contributed by atoms with van der Waals surface area (Å²) in [6.45, 7) is 3.25. The number of nitriles is 1. The second-order valence-electron chi connectivity index (χ2n) is 7.86. The number of pyridine rings is 1. The molecule has 2 aromatic carbocycles. The molecule has 0 bridgehead atoms. The van der Waals surface area contributed by atoms with E-state index in [0.717, 1.165) is 0 Å². The molecule has 0 saturated heterocycles. The molecule has 3 rings (SSSR count). The van der Waals surface area contributed by atoms with Gasteiger partial charge >= 0.3 is 6.18 Å². The van der Waals surface area contributed by atoms with Crippen molar-refractivity contribution in [3.05, 3.63) is 81.7 Å². The number of benzene rings is 2. The molecule has 0 saturated carbocycles. The fourth-order valence-electron chi connectivity index (χ4n) is 3.21. The molecule has 11 heteroatoms. The van der Waals surface area contributed by atoms with E-state index in [2.05, 4.69) is 4.98 Å². The smallest absolute Gasteiger partial charge is 0.417 e. The minimum absolute atomic E-state index is 0.0703. The number of carbonyl (C=O) groups is 1. The first-order chi connectivity index (χ1) is 16.9. The van der Waals surface area contributed by atoms with Gasteiger partial charge in [-0.1, -0.05) is 36.2 Å². The van der Waals surface area contributed by atoms with E-state index < -0.39 is 40.7 Å². The van der Waals surface area contributed by atoms with Gasteiger partial charge in [0.1, 0.15) is 17.4 Å². The van der Waals surface area contributed by atoms with Gasteiger partial charge in [-0.15, -0.1) is 0 Å². The van der Waals surface area contributed by atoms with E-state index in [0.29, 0.717) is 16.8 Å². The Bertz CT molecular complexity index is 1310. The van der Waals surface area contributed by atoms with Gasteiger partial charge in [-0.25, -0.2) is 9.37 Å². The van der Waals surface area contributed by atoms with Gasteiger partial charge < -0.3 is 9.47 Å². The van der Waals surface area contributed by atoms with Crippen LogP contribution >= 0.6 is 23.2 Å². The minimum atomic E-state index is -4.74. The molecule has 0 aliphatic rings. The highest BCUT2D eigenvalue weighted by Gasteiger charge is 2.40. The number of nitrogens with zero attached hydrogens (tertiary/aromatic N) is 2. The first-order valence-corrected chi connectivity index (χ1v) is 11.2. The first kappa shape index (κ1) is 27.2. The van der Waals surface area contributed by atoms with Crippen molar-refractivity contribution in [3.8, 4) is 23.4 Å². The summed E-state index contributed by atoms with van der Waals surface area (Å²) in [4.78, 5) is 16.7. The highest BCUT2D eigenvalue weighted by molar-refractivity contribution is 6.35. The lowest BCUT2D eigenvalue weighted by Crippen LogP contribution is -2.43. The van der Waals surface area contributed by atoms with E-state index in [-0.39, 0.29) is 29.0 Å². The van der Waals surface area contributed by atoms with E-state index >= 15 is 0 Å². The third-order valence-corrected chi connectivity index (χ3v) is 5.94. The summed E-state index contributed by atoms with van der Waals surface area (Å²) in [6.07, 6.45) is -4.06. The molecule has 5 nitrogen and oxygen atoms in total. The summed E-state index contributed by atoms with van der Waals surface area (Å²) in [6, 6.07) is 12.3. The van der Waals surface area contributed by atoms with Gasteiger partial charge in [-0.3, -0.25) is 4.79 Å². The van der Waals surface area contributed by atoms with Crippen LogP contribution in [0.1, 0.15) is 37.3 Å². The number of halogens is 6. The summed E-state index contributed by atoms with van der Waals surface area (Å²) < 4.78 is 63.2. The van der Waals surface area contributed by atoms with E-state index in [4.69, 9.17) is 32.7 Å². The van der Waals surface area contributed by atoms with Crippen LogP contribution in [0.5, 0.6) is 17.4 Å². The Morgan fingerprint density at radius 1 is 1.11 bits per heavy atom. The maximum Gasteiger partial charge on any atom is 0.417 e. The van der Waals surface area contributed by atoms with Crippen LogP contribution in [0, 0.1) is 17.1 Å². The van der Waals surface area contributed by atoms with Crippen molar-refractivity contribution in [3.63, 3.8) is 0 Å². The zero-order chi connectivity index (χ0) is 26.7. The number of aromatic nitrogens is 1. The number of carbonyl (C=O) groups excluding carboxylic acids is 1. The van der Waals surface area contributed by atoms with Crippen LogP contribution < -0.4 is 9.47 Å². The normalized spacial score (nSPS) is 13.9. The number of hydrogen-bond acceptors (Lipinski definition) is 5. The SMILES string of the molecule is CCC(C)(Oc1ccc(Oc2ncc(C(F)(F)F)cc2F)cc1)C(=O)C(C#N)c1ccc(Cl)cc1Cl. The van der Waals surface area contributed by atoms with E-state index in [1.165, 1.54) is 49.4 Å². The quantitative estimate of drug-likeness (QED) is 0.273. The van der Waals surface area contributed by atoms with E-state index in [9.17, 15) is 27.6 Å². The predicted octanol–water partition coefficient (Wildman–Crippen LogP) is 7.76. The molecule has 36 heavy (non-hydrogen) atoms.